The van der Waals surface area contributed by atoms with Crippen molar-refractivity contribution in [3.05, 3.63) is 191 Å². The molecule has 11 aromatic rings. The molecule has 314 valence electrons. The Bertz CT molecular complexity index is 3330. The number of anilines is 6. The fourth-order valence-corrected chi connectivity index (χ4v) is 9.95. The SMILES string of the molecule is Cc1cccc(C)c1N(c1ccc(C(C)C)cc1)c1ccc2cc3c(cc2c1)oc1c3ccc2c3cc4ccc(N(c5ccc(C(C)C)cc5)c5c(C)cccc5C)cc4cc3oc21. The molecular weight excluding hydrogens is 781 g/mol. The molecule has 11 rings (SSSR count). The highest BCUT2D eigenvalue weighted by Crippen LogP contribution is 2.45. The van der Waals surface area contributed by atoms with Crippen molar-refractivity contribution < 1.29 is 8.83 Å². The molecule has 0 radical (unpaired) electrons. The molecule has 64 heavy (non-hydrogen) atoms. The van der Waals surface area contributed by atoms with Gasteiger partial charge in [0, 0.05) is 44.3 Å². The Hall–Kier alpha value is -7.30. The number of nitrogens with zero attached hydrogens (tertiary/aromatic N) is 2. The molecule has 9 aromatic carbocycles. The molecule has 0 unspecified atom stereocenters. The van der Waals surface area contributed by atoms with E-state index in [1.54, 1.807) is 0 Å². The fraction of sp³-hybridized carbons (Fsp3) is 0.167. The quantitative estimate of drug-likeness (QED) is 0.153. The predicted molar refractivity (Wildman–Crippen MR) is 273 cm³/mol. The normalized spacial score (nSPS) is 12.0. The number of furan rings is 2. The van der Waals surface area contributed by atoms with Crippen LogP contribution >= 0.6 is 0 Å². The Morgan fingerprint density at radius 3 is 1.06 bits per heavy atom. The van der Waals surface area contributed by atoms with Crippen molar-refractivity contribution in [3.8, 4) is 0 Å². The summed E-state index contributed by atoms with van der Waals surface area (Å²) in [4.78, 5) is 4.79. The standard InChI is InChI=1S/C60H52N2O2/c1-35(2)41-15-21-47(22-16-41)61(57-37(5)11-9-12-38(57)6)49-25-19-43-31-53-51-27-28-52-54-32-44-20-26-50(30-46(44)34-56(54)64-60(52)59(51)63-55(53)33-45(43)29-49)62(58-39(7)13-10-14-40(58)8)48-23-17-42(18-24-48)36(3)4/h9-36H,1-8H3. The summed E-state index contributed by atoms with van der Waals surface area (Å²) in [6.07, 6.45) is 0. The molecule has 0 spiro atoms. The summed E-state index contributed by atoms with van der Waals surface area (Å²) in [7, 11) is 0. The molecule has 2 heterocycles. The van der Waals surface area contributed by atoms with E-state index in [9.17, 15) is 0 Å². The summed E-state index contributed by atoms with van der Waals surface area (Å²) in [6.45, 7) is 17.8. The molecule has 0 aliphatic rings. The molecule has 4 nitrogen and oxygen atoms in total. The summed E-state index contributed by atoms with van der Waals surface area (Å²) in [5.41, 5.74) is 17.7. The lowest BCUT2D eigenvalue weighted by molar-refractivity contribution is 0.634. The first-order valence-electron chi connectivity index (χ1n) is 22.6. The van der Waals surface area contributed by atoms with Crippen molar-refractivity contribution in [2.75, 3.05) is 9.80 Å². The Kier molecular flexibility index (Phi) is 9.39. The molecule has 0 saturated carbocycles. The zero-order valence-electron chi connectivity index (χ0n) is 37.9. The second-order valence-electron chi connectivity index (χ2n) is 18.4. The van der Waals surface area contributed by atoms with Crippen molar-refractivity contribution in [2.45, 2.75) is 67.2 Å². The summed E-state index contributed by atoms with van der Waals surface area (Å²) in [5, 5.41) is 8.82. The van der Waals surface area contributed by atoms with Gasteiger partial charge in [0.25, 0.3) is 0 Å². The van der Waals surface area contributed by atoms with E-state index in [-0.39, 0.29) is 0 Å². The van der Waals surface area contributed by atoms with E-state index in [4.69, 9.17) is 8.83 Å². The molecule has 0 aliphatic carbocycles. The number of fused-ring (bicyclic) bond motifs is 9. The van der Waals surface area contributed by atoms with Gasteiger partial charge >= 0.3 is 0 Å². The summed E-state index contributed by atoms with van der Waals surface area (Å²) in [5.74, 6) is 0.931. The third-order valence-electron chi connectivity index (χ3n) is 13.4. The minimum absolute atomic E-state index is 0.465. The number of benzene rings is 9. The second kappa shape index (κ2) is 15.2. The van der Waals surface area contributed by atoms with Crippen LogP contribution in [0, 0.1) is 27.7 Å². The lowest BCUT2D eigenvalue weighted by Gasteiger charge is -2.29. The van der Waals surface area contributed by atoms with Crippen molar-refractivity contribution >= 4 is 99.5 Å². The van der Waals surface area contributed by atoms with E-state index < -0.39 is 0 Å². The van der Waals surface area contributed by atoms with E-state index in [0.29, 0.717) is 11.8 Å². The van der Waals surface area contributed by atoms with Crippen LogP contribution in [0.4, 0.5) is 34.1 Å². The number of hydrogen-bond donors (Lipinski definition) is 0. The molecule has 0 bridgehead atoms. The second-order valence-corrected chi connectivity index (χ2v) is 18.4. The third kappa shape index (κ3) is 6.51. The lowest BCUT2D eigenvalue weighted by Crippen LogP contribution is -2.13. The van der Waals surface area contributed by atoms with Crippen LogP contribution in [-0.4, -0.2) is 0 Å². The maximum Gasteiger partial charge on any atom is 0.178 e. The van der Waals surface area contributed by atoms with Gasteiger partial charge in [0.1, 0.15) is 11.2 Å². The zero-order valence-corrected chi connectivity index (χ0v) is 37.9. The van der Waals surface area contributed by atoms with Gasteiger partial charge in [-0.3, -0.25) is 0 Å². The molecule has 4 heteroatoms. The fourth-order valence-electron chi connectivity index (χ4n) is 9.95. The van der Waals surface area contributed by atoms with Crippen molar-refractivity contribution in [3.63, 3.8) is 0 Å². The predicted octanol–water partition coefficient (Wildman–Crippen LogP) is 18.2. The largest absolute Gasteiger partial charge is 0.452 e. The number of rotatable bonds is 8. The third-order valence-corrected chi connectivity index (χ3v) is 13.4. The van der Waals surface area contributed by atoms with E-state index in [2.05, 4.69) is 223 Å². The molecule has 0 saturated heterocycles. The van der Waals surface area contributed by atoms with Gasteiger partial charge in [0.05, 0.1) is 11.4 Å². The molecule has 0 amide bonds. The number of hydrogen-bond acceptors (Lipinski definition) is 4. The van der Waals surface area contributed by atoms with Crippen LogP contribution < -0.4 is 9.80 Å². The Balaban J connectivity index is 1.02. The number of para-hydroxylation sites is 2. The van der Waals surface area contributed by atoms with Gasteiger partial charge in [-0.05, 0) is 179 Å². The summed E-state index contributed by atoms with van der Waals surface area (Å²) in [6, 6.07) is 58.0. The van der Waals surface area contributed by atoms with Gasteiger partial charge in [0.15, 0.2) is 11.2 Å². The molecular formula is C60H52N2O2. The molecule has 0 atom stereocenters. The van der Waals surface area contributed by atoms with Crippen LogP contribution in [0.2, 0.25) is 0 Å². The van der Waals surface area contributed by atoms with Crippen LogP contribution in [0.15, 0.2) is 167 Å². The van der Waals surface area contributed by atoms with Crippen molar-refractivity contribution in [1.82, 2.24) is 0 Å². The minimum Gasteiger partial charge on any atom is -0.452 e. The monoisotopic (exact) mass is 832 g/mol. The highest BCUT2D eigenvalue weighted by atomic mass is 16.4. The van der Waals surface area contributed by atoms with Gasteiger partial charge in [-0.25, -0.2) is 0 Å². The maximum atomic E-state index is 6.82. The first-order valence-corrected chi connectivity index (χ1v) is 22.6. The van der Waals surface area contributed by atoms with Crippen LogP contribution in [0.25, 0.3) is 65.4 Å². The van der Waals surface area contributed by atoms with Crippen LogP contribution in [0.1, 0.15) is 72.9 Å². The van der Waals surface area contributed by atoms with Crippen LogP contribution in [-0.2, 0) is 0 Å². The topological polar surface area (TPSA) is 32.8 Å². The Morgan fingerprint density at radius 1 is 0.344 bits per heavy atom. The van der Waals surface area contributed by atoms with Crippen LogP contribution in [0.5, 0.6) is 0 Å². The van der Waals surface area contributed by atoms with Gasteiger partial charge in [0.2, 0.25) is 0 Å². The first-order chi connectivity index (χ1) is 31.0. The van der Waals surface area contributed by atoms with Gasteiger partial charge in [-0.15, -0.1) is 0 Å². The average molecular weight is 833 g/mol. The lowest BCUT2D eigenvalue weighted by atomic mass is 10.0. The average Bonchev–Trinajstić information content (AvgIpc) is 3.84. The molecule has 0 fully saturated rings. The van der Waals surface area contributed by atoms with E-state index in [1.165, 1.54) is 44.8 Å². The van der Waals surface area contributed by atoms with Gasteiger partial charge < -0.3 is 18.6 Å². The highest BCUT2D eigenvalue weighted by Gasteiger charge is 2.22. The van der Waals surface area contributed by atoms with Crippen molar-refractivity contribution in [1.29, 1.82) is 0 Å². The maximum absolute atomic E-state index is 6.82. The highest BCUT2D eigenvalue weighted by molar-refractivity contribution is 6.21. The van der Waals surface area contributed by atoms with Crippen LogP contribution in [0.3, 0.4) is 0 Å². The van der Waals surface area contributed by atoms with E-state index in [0.717, 1.165) is 88.2 Å². The smallest absolute Gasteiger partial charge is 0.178 e. The van der Waals surface area contributed by atoms with E-state index in [1.807, 2.05) is 0 Å². The van der Waals surface area contributed by atoms with Gasteiger partial charge in [-0.1, -0.05) is 100 Å². The summed E-state index contributed by atoms with van der Waals surface area (Å²) < 4.78 is 13.6. The molecule has 0 N–H and O–H groups in total. The van der Waals surface area contributed by atoms with Gasteiger partial charge in [-0.2, -0.15) is 0 Å². The first kappa shape index (κ1) is 39.5. The van der Waals surface area contributed by atoms with Crippen molar-refractivity contribution in [2.24, 2.45) is 0 Å². The Labute approximate surface area is 375 Å². The molecule has 0 aliphatic heterocycles. The minimum atomic E-state index is 0.465. The Morgan fingerprint density at radius 2 is 0.703 bits per heavy atom. The molecule has 2 aromatic heterocycles. The number of aryl methyl sites for hydroxylation is 4. The summed E-state index contributed by atoms with van der Waals surface area (Å²) >= 11 is 0. The zero-order chi connectivity index (χ0) is 44.0. The van der Waals surface area contributed by atoms with E-state index >= 15 is 0 Å².